The summed E-state index contributed by atoms with van der Waals surface area (Å²) in [6.07, 6.45) is 3.35. The van der Waals surface area contributed by atoms with Crippen LogP contribution in [0.1, 0.15) is 11.6 Å². The summed E-state index contributed by atoms with van der Waals surface area (Å²) in [6.45, 7) is 0. The van der Waals surface area contributed by atoms with Gasteiger partial charge in [-0.1, -0.05) is 11.6 Å². The molecule has 98 valence electrons. The van der Waals surface area contributed by atoms with Crippen molar-refractivity contribution in [2.45, 2.75) is 11.5 Å². The number of furan rings is 1. The van der Waals surface area contributed by atoms with Crippen LogP contribution in [0, 0.1) is 0 Å². The van der Waals surface area contributed by atoms with E-state index < -0.39 is 0 Å². The molecule has 0 aliphatic rings. The van der Waals surface area contributed by atoms with Crippen LogP contribution in [0.25, 0.3) is 11.0 Å². The summed E-state index contributed by atoms with van der Waals surface area (Å²) in [5.41, 5.74) is 0.758. The van der Waals surface area contributed by atoms with E-state index >= 15 is 0 Å². The average Bonchev–Trinajstić information content (AvgIpc) is 3.01. The molecule has 0 saturated carbocycles. The molecule has 3 rings (SSSR count). The number of fused-ring (bicyclic) bond motifs is 1. The van der Waals surface area contributed by atoms with Crippen molar-refractivity contribution in [2.24, 2.45) is 7.05 Å². The second-order valence-electron chi connectivity index (χ2n) is 4.01. The fraction of sp³-hybridized carbons (Fsp3) is 0.250. The van der Waals surface area contributed by atoms with E-state index in [1.54, 1.807) is 28.9 Å². The average molecular weight is 295 g/mol. The summed E-state index contributed by atoms with van der Waals surface area (Å²) in [5.74, 6) is 3.12. The first kappa shape index (κ1) is 12.5. The van der Waals surface area contributed by atoms with Crippen molar-refractivity contribution in [1.82, 2.24) is 19.7 Å². The van der Waals surface area contributed by atoms with Crippen LogP contribution >= 0.6 is 23.4 Å². The van der Waals surface area contributed by atoms with Crippen LogP contribution in [0.4, 0.5) is 0 Å². The SMILES string of the molecule is Cn1ncc2c(Cl)nc(CSCc3ccco3)nc21. The smallest absolute Gasteiger partial charge is 0.162 e. The van der Waals surface area contributed by atoms with Crippen molar-refractivity contribution in [3.63, 3.8) is 0 Å². The molecule has 0 unspecified atom stereocenters. The molecule has 0 bridgehead atoms. The van der Waals surface area contributed by atoms with Crippen molar-refractivity contribution in [3.05, 3.63) is 41.3 Å². The Kier molecular flexibility index (Phi) is 3.44. The Morgan fingerprint density at radius 2 is 2.26 bits per heavy atom. The van der Waals surface area contributed by atoms with Crippen molar-refractivity contribution in [2.75, 3.05) is 0 Å². The van der Waals surface area contributed by atoms with Crippen molar-refractivity contribution in [3.8, 4) is 0 Å². The van der Waals surface area contributed by atoms with Crippen LogP contribution in [0.5, 0.6) is 0 Å². The van der Waals surface area contributed by atoms with Gasteiger partial charge in [0.25, 0.3) is 0 Å². The van der Waals surface area contributed by atoms with Crippen molar-refractivity contribution < 1.29 is 4.42 Å². The minimum atomic E-state index is 0.451. The second-order valence-corrected chi connectivity index (χ2v) is 5.35. The highest BCUT2D eigenvalue weighted by molar-refractivity contribution is 7.97. The van der Waals surface area contributed by atoms with Gasteiger partial charge in [-0.25, -0.2) is 9.97 Å². The maximum atomic E-state index is 6.12. The predicted molar refractivity (Wildman–Crippen MR) is 75.0 cm³/mol. The van der Waals surface area contributed by atoms with Gasteiger partial charge in [0.2, 0.25) is 0 Å². The Balaban J connectivity index is 1.75. The van der Waals surface area contributed by atoms with Gasteiger partial charge in [-0.15, -0.1) is 11.8 Å². The number of aromatic nitrogens is 4. The van der Waals surface area contributed by atoms with Gasteiger partial charge >= 0.3 is 0 Å². The van der Waals surface area contributed by atoms with Gasteiger partial charge in [-0.05, 0) is 12.1 Å². The number of halogens is 1. The molecule has 7 heteroatoms. The standard InChI is InChI=1S/C12H11ClN4OS/c1-17-12-9(5-14-17)11(13)15-10(16-12)7-19-6-8-3-2-4-18-8/h2-5H,6-7H2,1H3. The normalized spacial score (nSPS) is 11.3. The number of nitrogens with zero attached hydrogens (tertiary/aromatic N) is 4. The summed E-state index contributed by atoms with van der Waals surface area (Å²) in [5, 5.41) is 5.36. The summed E-state index contributed by atoms with van der Waals surface area (Å²) in [4.78, 5) is 8.75. The highest BCUT2D eigenvalue weighted by Gasteiger charge is 2.10. The van der Waals surface area contributed by atoms with Gasteiger partial charge in [0.05, 0.1) is 29.4 Å². The number of rotatable bonds is 4. The molecular weight excluding hydrogens is 284 g/mol. The van der Waals surface area contributed by atoms with Crippen molar-refractivity contribution >= 4 is 34.4 Å². The van der Waals surface area contributed by atoms with Gasteiger partial charge in [0.1, 0.15) is 16.7 Å². The zero-order valence-corrected chi connectivity index (χ0v) is 11.8. The molecule has 3 aromatic heterocycles. The van der Waals surface area contributed by atoms with E-state index in [9.17, 15) is 0 Å². The Labute approximate surface area is 119 Å². The summed E-state index contributed by atoms with van der Waals surface area (Å²) < 4.78 is 6.97. The van der Waals surface area contributed by atoms with Gasteiger partial charge in [-0.3, -0.25) is 4.68 Å². The Morgan fingerprint density at radius 1 is 1.37 bits per heavy atom. The molecule has 0 aliphatic carbocycles. The summed E-state index contributed by atoms with van der Waals surface area (Å²) >= 11 is 7.80. The van der Waals surface area contributed by atoms with E-state index in [-0.39, 0.29) is 0 Å². The lowest BCUT2D eigenvalue weighted by molar-refractivity contribution is 0.530. The third-order valence-electron chi connectivity index (χ3n) is 2.65. The number of hydrogen-bond acceptors (Lipinski definition) is 5. The molecule has 5 nitrogen and oxygen atoms in total. The molecule has 0 atom stereocenters. The zero-order chi connectivity index (χ0) is 13.2. The van der Waals surface area contributed by atoms with E-state index in [0.717, 1.165) is 22.5 Å². The van der Waals surface area contributed by atoms with Crippen LogP contribution in [0.3, 0.4) is 0 Å². The van der Waals surface area contributed by atoms with Crippen molar-refractivity contribution in [1.29, 1.82) is 0 Å². The number of hydrogen-bond donors (Lipinski definition) is 0. The highest BCUT2D eigenvalue weighted by atomic mass is 35.5. The largest absolute Gasteiger partial charge is 0.468 e. The molecule has 0 aliphatic heterocycles. The monoisotopic (exact) mass is 294 g/mol. The quantitative estimate of drug-likeness (QED) is 0.692. The first-order chi connectivity index (χ1) is 9.24. The zero-order valence-electron chi connectivity index (χ0n) is 10.2. The predicted octanol–water partition coefficient (Wildman–Crippen LogP) is 3.04. The maximum Gasteiger partial charge on any atom is 0.162 e. The van der Waals surface area contributed by atoms with Gasteiger partial charge in [0.15, 0.2) is 5.65 Å². The molecule has 19 heavy (non-hydrogen) atoms. The Bertz CT molecular complexity index is 695. The molecule has 3 heterocycles. The van der Waals surface area contributed by atoms with E-state index in [1.807, 2.05) is 19.2 Å². The van der Waals surface area contributed by atoms with Gasteiger partial charge in [0, 0.05) is 7.05 Å². The van der Waals surface area contributed by atoms with Crippen LogP contribution in [0.2, 0.25) is 5.15 Å². The minimum Gasteiger partial charge on any atom is -0.468 e. The van der Waals surface area contributed by atoms with Gasteiger partial charge < -0.3 is 4.42 Å². The Morgan fingerprint density at radius 3 is 3.05 bits per heavy atom. The topological polar surface area (TPSA) is 56.7 Å². The first-order valence-electron chi connectivity index (χ1n) is 5.68. The van der Waals surface area contributed by atoms with Crippen LogP contribution in [-0.2, 0) is 18.6 Å². The molecular formula is C12H11ClN4OS. The van der Waals surface area contributed by atoms with Crippen LogP contribution in [-0.4, -0.2) is 19.7 Å². The molecule has 3 aromatic rings. The number of aryl methyl sites for hydroxylation is 1. The highest BCUT2D eigenvalue weighted by Crippen LogP contribution is 2.22. The molecule has 0 saturated heterocycles. The molecule has 0 amide bonds. The van der Waals surface area contributed by atoms with Crippen LogP contribution in [0.15, 0.2) is 29.0 Å². The Hall–Kier alpha value is -1.53. The first-order valence-corrected chi connectivity index (χ1v) is 7.21. The maximum absolute atomic E-state index is 6.12. The van der Waals surface area contributed by atoms with E-state index in [2.05, 4.69) is 15.1 Å². The molecule has 0 N–H and O–H groups in total. The number of thioether (sulfide) groups is 1. The molecule has 0 aromatic carbocycles. The second kappa shape index (κ2) is 5.22. The fourth-order valence-electron chi connectivity index (χ4n) is 1.73. The summed E-state index contributed by atoms with van der Waals surface area (Å²) in [6, 6.07) is 3.83. The van der Waals surface area contributed by atoms with Crippen LogP contribution < -0.4 is 0 Å². The van der Waals surface area contributed by atoms with Gasteiger partial charge in [-0.2, -0.15) is 5.10 Å². The van der Waals surface area contributed by atoms with E-state index in [1.165, 1.54) is 0 Å². The minimum absolute atomic E-state index is 0.451. The fourth-order valence-corrected chi connectivity index (χ4v) is 2.74. The summed E-state index contributed by atoms with van der Waals surface area (Å²) in [7, 11) is 1.84. The lowest BCUT2D eigenvalue weighted by Crippen LogP contribution is -1.98. The van der Waals surface area contributed by atoms with E-state index in [4.69, 9.17) is 16.0 Å². The third-order valence-corrected chi connectivity index (χ3v) is 3.89. The third kappa shape index (κ3) is 2.59. The molecule has 0 spiro atoms. The lowest BCUT2D eigenvalue weighted by Gasteiger charge is -2.02. The lowest BCUT2D eigenvalue weighted by atomic mass is 10.4. The molecule has 0 radical (unpaired) electrons. The molecule has 0 fully saturated rings. The van der Waals surface area contributed by atoms with E-state index in [0.29, 0.717) is 16.7 Å².